The van der Waals surface area contributed by atoms with E-state index in [0.29, 0.717) is 25.6 Å². The Morgan fingerprint density at radius 3 is 2.81 bits per heavy atom. The van der Waals surface area contributed by atoms with Crippen molar-refractivity contribution in [1.29, 1.82) is 0 Å². The zero-order valence-corrected chi connectivity index (χ0v) is 12.2. The molecule has 3 rings (SSSR count). The van der Waals surface area contributed by atoms with Crippen molar-refractivity contribution < 1.29 is 9.53 Å². The predicted octanol–water partition coefficient (Wildman–Crippen LogP) is 2.41. The van der Waals surface area contributed by atoms with E-state index in [1.807, 2.05) is 31.2 Å². The van der Waals surface area contributed by atoms with Gasteiger partial charge in [-0.2, -0.15) is 0 Å². The fraction of sp³-hybridized carbons (Fsp3) is 0.467. The van der Waals surface area contributed by atoms with E-state index in [4.69, 9.17) is 10.5 Å². The Bertz CT molecular complexity index is 644. The number of ether oxygens (including phenoxy) is 1. The van der Waals surface area contributed by atoms with E-state index in [0.717, 1.165) is 23.9 Å². The Kier molecular flexibility index (Phi) is 3.68. The smallest absolute Gasteiger partial charge is 0.409 e. The van der Waals surface area contributed by atoms with Gasteiger partial charge in [-0.3, -0.25) is 0 Å². The zero-order chi connectivity index (χ0) is 14.8. The van der Waals surface area contributed by atoms with E-state index in [9.17, 15) is 4.79 Å². The molecule has 1 saturated heterocycles. The van der Waals surface area contributed by atoms with Gasteiger partial charge in [0.2, 0.25) is 5.95 Å². The first kappa shape index (κ1) is 13.7. The number of anilines is 1. The lowest BCUT2D eigenvalue weighted by Gasteiger charge is -2.32. The van der Waals surface area contributed by atoms with Gasteiger partial charge in [-0.05, 0) is 31.9 Å². The summed E-state index contributed by atoms with van der Waals surface area (Å²) in [5.74, 6) is 0.547. The van der Waals surface area contributed by atoms with E-state index in [2.05, 4.69) is 9.55 Å². The van der Waals surface area contributed by atoms with Crippen molar-refractivity contribution in [1.82, 2.24) is 14.5 Å². The van der Waals surface area contributed by atoms with Crippen molar-refractivity contribution in [2.75, 3.05) is 25.4 Å². The molecular weight excluding hydrogens is 268 g/mol. The summed E-state index contributed by atoms with van der Waals surface area (Å²) in [5.41, 5.74) is 8.05. The van der Waals surface area contributed by atoms with Gasteiger partial charge >= 0.3 is 6.09 Å². The Balaban J connectivity index is 1.77. The quantitative estimate of drug-likeness (QED) is 0.921. The van der Waals surface area contributed by atoms with Crippen LogP contribution >= 0.6 is 0 Å². The molecule has 1 aromatic heterocycles. The predicted molar refractivity (Wildman–Crippen MR) is 81.0 cm³/mol. The molecular formula is C15H20N4O2. The highest BCUT2D eigenvalue weighted by molar-refractivity contribution is 5.78. The Morgan fingerprint density at radius 2 is 2.10 bits per heavy atom. The monoisotopic (exact) mass is 288 g/mol. The van der Waals surface area contributed by atoms with Crippen molar-refractivity contribution in [3.63, 3.8) is 0 Å². The highest BCUT2D eigenvalue weighted by Gasteiger charge is 2.26. The van der Waals surface area contributed by atoms with Crippen LogP contribution in [0.25, 0.3) is 11.0 Å². The third-order valence-corrected chi connectivity index (χ3v) is 3.98. The maximum Gasteiger partial charge on any atom is 0.409 e. The minimum atomic E-state index is -0.223. The number of hydrogen-bond acceptors (Lipinski definition) is 4. The molecule has 1 amide bonds. The molecule has 6 nitrogen and oxygen atoms in total. The molecule has 0 radical (unpaired) electrons. The normalized spacial score (nSPS) is 16.3. The fourth-order valence-corrected chi connectivity index (χ4v) is 2.97. The maximum atomic E-state index is 11.7. The number of nitrogens with zero attached hydrogens (tertiary/aromatic N) is 3. The standard InChI is InChI=1S/C15H20N4O2/c1-2-21-15(20)18-9-7-11(8-10-18)19-13-6-4-3-5-12(13)17-14(19)16/h3-6,11H,2,7-10H2,1H3,(H2,16,17). The van der Waals surface area contributed by atoms with Crippen molar-refractivity contribution in [3.05, 3.63) is 24.3 Å². The van der Waals surface area contributed by atoms with Gasteiger partial charge in [0.15, 0.2) is 0 Å². The molecule has 112 valence electrons. The lowest BCUT2D eigenvalue weighted by atomic mass is 10.0. The highest BCUT2D eigenvalue weighted by atomic mass is 16.6. The Morgan fingerprint density at radius 1 is 1.38 bits per heavy atom. The summed E-state index contributed by atoms with van der Waals surface area (Å²) in [6.07, 6.45) is 1.51. The van der Waals surface area contributed by atoms with Gasteiger partial charge in [0.1, 0.15) is 0 Å². The number of nitrogen functional groups attached to an aromatic ring is 1. The average Bonchev–Trinajstić information content (AvgIpc) is 2.83. The van der Waals surface area contributed by atoms with Crippen molar-refractivity contribution >= 4 is 23.1 Å². The number of hydrogen-bond donors (Lipinski definition) is 1. The first-order valence-corrected chi connectivity index (χ1v) is 7.35. The van der Waals surface area contributed by atoms with Gasteiger partial charge in [-0.1, -0.05) is 12.1 Å². The van der Waals surface area contributed by atoms with E-state index in [-0.39, 0.29) is 12.1 Å². The number of benzene rings is 1. The van der Waals surface area contributed by atoms with Crippen LogP contribution in [0, 0.1) is 0 Å². The molecule has 2 N–H and O–H groups in total. The number of aromatic nitrogens is 2. The number of imidazole rings is 1. The van der Waals surface area contributed by atoms with Crippen molar-refractivity contribution in [3.8, 4) is 0 Å². The van der Waals surface area contributed by atoms with Crippen molar-refractivity contribution in [2.45, 2.75) is 25.8 Å². The van der Waals surface area contributed by atoms with Crippen LogP contribution < -0.4 is 5.73 Å². The van der Waals surface area contributed by atoms with E-state index < -0.39 is 0 Å². The number of carbonyl (C=O) groups is 1. The highest BCUT2D eigenvalue weighted by Crippen LogP contribution is 2.29. The summed E-state index contributed by atoms with van der Waals surface area (Å²) < 4.78 is 7.14. The third kappa shape index (κ3) is 2.53. The summed E-state index contributed by atoms with van der Waals surface area (Å²) in [6.45, 7) is 3.62. The largest absolute Gasteiger partial charge is 0.450 e. The summed E-state index contributed by atoms with van der Waals surface area (Å²) in [5, 5.41) is 0. The van der Waals surface area contributed by atoms with Gasteiger partial charge in [-0.15, -0.1) is 0 Å². The van der Waals surface area contributed by atoms with Crippen LogP contribution in [0.5, 0.6) is 0 Å². The number of piperidine rings is 1. The minimum absolute atomic E-state index is 0.223. The van der Waals surface area contributed by atoms with Gasteiger partial charge in [0.25, 0.3) is 0 Å². The van der Waals surface area contributed by atoms with Gasteiger partial charge in [0.05, 0.1) is 17.6 Å². The second kappa shape index (κ2) is 5.63. The fourth-order valence-electron chi connectivity index (χ4n) is 2.97. The first-order valence-electron chi connectivity index (χ1n) is 7.35. The molecule has 1 aromatic carbocycles. The molecule has 1 aliphatic rings. The SMILES string of the molecule is CCOC(=O)N1CCC(n2c(N)nc3ccccc32)CC1. The summed E-state index contributed by atoms with van der Waals surface area (Å²) in [7, 11) is 0. The number of amides is 1. The summed E-state index contributed by atoms with van der Waals surface area (Å²) >= 11 is 0. The van der Waals surface area contributed by atoms with Crippen molar-refractivity contribution in [2.24, 2.45) is 0 Å². The van der Waals surface area contributed by atoms with Gasteiger partial charge in [-0.25, -0.2) is 9.78 Å². The lowest BCUT2D eigenvalue weighted by molar-refractivity contribution is 0.0932. The third-order valence-electron chi connectivity index (χ3n) is 3.98. The Hall–Kier alpha value is -2.24. The van der Waals surface area contributed by atoms with Gasteiger partial charge in [0, 0.05) is 19.1 Å². The van der Waals surface area contributed by atoms with E-state index >= 15 is 0 Å². The molecule has 0 saturated carbocycles. The molecule has 1 fully saturated rings. The van der Waals surface area contributed by atoms with Crippen LogP contribution in [0.15, 0.2) is 24.3 Å². The van der Waals surface area contributed by atoms with Gasteiger partial charge < -0.3 is 19.9 Å². The average molecular weight is 288 g/mol. The number of fused-ring (bicyclic) bond motifs is 1. The molecule has 0 spiro atoms. The zero-order valence-electron chi connectivity index (χ0n) is 12.2. The summed E-state index contributed by atoms with van der Waals surface area (Å²) in [4.78, 5) is 17.9. The van der Waals surface area contributed by atoms with Crippen LogP contribution in [0.1, 0.15) is 25.8 Å². The second-order valence-corrected chi connectivity index (χ2v) is 5.25. The molecule has 6 heteroatoms. The number of carbonyl (C=O) groups excluding carboxylic acids is 1. The lowest BCUT2D eigenvalue weighted by Crippen LogP contribution is -2.39. The summed E-state index contributed by atoms with van der Waals surface area (Å²) in [6, 6.07) is 8.24. The molecule has 0 bridgehead atoms. The molecule has 1 aliphatic heterocycles. The molecule has 2 aromatic rings. The first-order chi connectivity index (χ1) is 10.2. The molecule has 0 atom stereocenters. The number of rotatable bonds is 2. The van der Waals surface area contributed by atoms with Crippen LogP contribution in [0.3, 0.4) is 0 Å². The minimum Gasteiger partial charge on any atom is -0.450 e. The molecule has 0 aliphatic carbocycles. The van der Waals surface area contributed by atoms with E-state index in [1.54, 1.807) is 4.90 Å². The molecule has 2 heterocycles. The number of likely N-dealkylation sites (tertiary alicyclic amines) is 1. The Labute approximate surface area is 123 Å². The number of para-hydroxylation sites is 2. The van der Waals surface area contributed by atoms with E-state index in [1.165, 1.54) is 0 Å². The van der Waals surface area contributed by atoms with Crippen LogP contribution in [0.2, 0.25) is 0 Å². The molecule has 0 unspecified atom stereocenters. The van der Waals surface area contributed by atoms with Crippen LogP contribution in [-0.4, -0.2) is 40.2 Å². The topological polar surface area (TPSA) is 73.4 Å². The van der Waals surface area contributed by atoms with Crippen LogP contribution in [-0.2, 0) is 4.74 Å². The molecule has 21 heavy (non-hydrogen) atoms. The van der Waals surface area contributed by atoms with Crippen LogP contribution in [0.4, 0.5) is 10.7 Å². The second-order valence-electron chi connectivity index (χ2n) is 5.25. The number of nitrogens with two attached hydrogens (primary N) is 1. The maximum absolute atomic E-state index is 11.7.